The fourth-order valence-corrected chi connectivity index (χ4v) is 5.22. The van der Waals surface area contributed by atoms with E-state index in [0.29, 0.717) is 19.3 Å². The van der Waals surface area contributed by atoms with Crippen LogP contribution in [0.2, 0.25) is 0 Å². The lowest BCUT2D eigenvalue weighted by molar-refractivity contribution is -0.167. The summed E-state index contributed by atoms with van der Waals surface area (Å²) in [5.41, 5.74) is 0. The summed E-state index contributed by atoms with van der Waals surface area (Å²) < 4.78 is 16.5. The van der Waals surface area contributed by atoms with Crippen molar-refractivity contribution < 1.29 is 28.6 Å². The number of hydrogen-bond donors (Lipinski definition) is 0. The summed E-state index contributed by atoms with van der Waals surface area (Å²) in [6.45, 7) is 6.41. The molecule has 0 aromatic heterocycles. The van der Waals surface area contributed by atoms with Crippen LogP contribution in [-0.4, -0.2) is 37.2 Å². The fourth-order valence-electron chi connectivity index (χ4n) is 5.22. The first kappa shape index (κ1) is 44.6. The number of carbonyl (C=O) groups is 3. The van der Waals surface area contributed by atoms with Gasteiger partial charge in [0.05, 0.1) is 0 Å². The van der Waals surface area contributed by atoms with Gasteiger partial charge in [0, 0.05) is 19.3 Å². The molecule has 0 heterocycles. The molecule has 6 nitrogen and oxygen atoms in total. The average Bonchev–Trinajstić information content (AvgIpc) is 3.06. The molecule has 0 saturated carbocycles. The Balaban J connectivity index is 4.38. The standard InChI is InChI=1S/C41H72O6/c1-4-7-10-13-16-19-20-21-22-23-26-28-31-34-40(43)46-37-38(47-41(44)35-32-29-25-18-15-12-9-6-3)36-45-39(42)33-30-27-24-17-14-11-8-5-2/h7,10,16,19,21-22,38H,4-6,8-9,11-15,17-18,20,23-37H2,1-3H3/b10-7-,19-16-,22-21-. The molecule has 0 radical (unpaired) electrons. The molecule has 0 aliphatic carbocycles. The van der Waals surface area contributed by atoms with Crippen molar-refractivity contribution in [2.45, 2.75) is 194 Å². The van der Waals surface area contributed by atoms with Crippen LogP contribution in [0.1, 0.15) is 188 Å². The first-order valence-corrected chi connectivity index (χ1v) is 19.5. The lowest BCUT2D eigenvalue weighted by Gasteiger charge is -2.18. The zero-order chi connectivity index (χ0) is 34.5. The van der Waals surface area contributed by atoms with Gasteiger partial charge in [0.15, 0.2) is 6.10 Å². The molecule has 0 aliphatic heterocycles. The Morgan fingerprint density at radius 1 is 0.447 bits per heavy atom. The minimum Gasteiger partial charge on any atom is -0.462 e. The van der Waals surface area contributed by atoms with Crippen LogP contribution in [0.25, 0.3) is 0 Å². The molecule has 6 heteroatoms. The van der Waals surface area contributed by atoms with E-state index in [-0.39, 0.29) is 31.1 Å². The summed E-state index contributed by atoms with van der Waals surface area (Å²) in [5.74, 6) is -0.925. The van der Waals surface area contributed by atoms with Crippen molar-refractivity contribution in [3.63, 3.8) is 0 Å². The average molecular weight is 661 g/mol. The molecular formula is C41H72O6. The predicted octanol–water partition coefficient (Wildman–Crippen LogP) is 11.9. The number of rotatable bonds is 34. The Kier molecular flexibility index (Phi) is 34.6. The first-order chi connectivity index (χ1) is 23.0. The molecule has 0 aromatic carbocycles. The largest absolute Gasteiger partial charge is 0.462 e. The van der Waals surface area contributed by atoms with Gasteiger partial charge in [0.2, 0.25) is 0 Å². The maximum Gasteiger partial charge on any atom is 0.306 e. The van der Waals surface area contributed by atoms with E-state index in [9.17, 15) is 14.4 Å². The SMILES string of the molecule is CC/C=C\C/C=C\C/C=C\CCCCCC(=O)OCC(COC(=O)CCCCCCCCCC)OC(=O)CCCCCCCCCC. The summed E-state index contributed by atoms with van der Waals surface area (Å²) in [5, 5.41) is 0. The highest BCUT2D eigenvalue weighted by Gasteiger charge is 2.19. The molecule has 1 atom stereocenters. The van der Waals surface area contributed by atoms with Crippen LogP contribution in [0.3, 0.4) is 0 Å². The van der Waals surface area contributed by atoms with Crippen molar-refractivity contribution in [1.29, 1.82) is 0 Å². The molecule has 0 aliphatic rings. The van der Waals surface area contributed by atoms with E-state index >= 15 is 0 Å². The van der Waals surface area contributed by atoms with Crippen molar-refractivity contribution in [3.05, 3.63) is 36.5 Å². The highest BCUT2D eigenvalue weighted by atomic mass is 16.6. The van der Waals surface area contributed by atoms with Crippen LogP contribution in [0.4, 0.5) is 0 Å². The first-order valence-electron chi connectivity index (χ1n) is 19.5. The Morgan fingerprint density at radius 3 is 1.30 bits per heavy atom. The minimum atomic E-state index is -0.773. The summed E-state index contributed by atoms with van der Waals surface area (Å²) >= 11 is 0. The molecule has 0 amide bonds. The second kappa shape index (κ2) is 36.5. The molecule has 1 unspecified atom stereocenters. The maximum atomic E-state index is 12.5. The van der Waals surface area contributed by atoms with E-state index in [2.05, 4.69) is 57.2 Å². The highest BCUT2D eigenvalue weighted by molar-refractivity contribution is 5.71. The second-order valence-corrected chi connectivity index (χ2v) is 12.8. The van der Waals surface area contributed by atoms with Crippen molar-refractivity contribution in [2.24, 2.45) is 0 Å². The number of ether oxygens (including phenoxy) is 3. The predicted molar refractivity (Wildman–Crippen MR) is 196 cm³/mol. The Bertz CT molecular complexity index is 815. The molecular weight excluding hydrogens is 588 g/mol. The molecule has 0 rings (SSSR count). The molecule has 272 valence electrons. The maximum absolute atomic E-state index is 12.5. The summed E-state index contributed by atoms with van der Waals surface area (Å²) in [6.07, 6.45) is 38.5. The highest BCUT2D eigenvalue weighted by Crippen LogP contribution is 2.13. The Morgan fingerprint density at radius 2 is 0.830 bits per heavy atom. The van der Waals surface area contributed by atoms with E-state index in [1.807, 2.05) is 0 Å². The van der Waals surface area contributed by atoms with E-state index in [0.717, 1.165) is 83.5 Å². The van der Waals surface area contributed by atoms with E-state index < -0.39 is 6.10 Å². The van der Waals surface area contributed by atoms with Crippen molar-refractivity contribution in [2.75, 3.05) is 13.2 Å². The zero-order valence-corrected chi connectivity index (χ0v) is 30.8. The minimum absolute atomic E-state index is 0.0801. The van der Waals surface area contributed by atoms with Crippen LogP contribution in [0.5, 0.6) is 0 Å². The van der Waals surface area contributed by atoms with E-state index in [1.165, 1.54) is 64.2 Å². The molecule has 0 spiro atoms. The Labute approximate surface area is 289 Å². The summed E-state index contributed by atoms with van der Waals surface area (Å²) in [4.78, 5) is 37.3. The van der Waals surface area contributed by atoms with Gasteiger partial charge in [-0.05, 0) is 51.4 Å². The van der Waals surface area contributed by atoms with Gasteiger partial charge in [-0.2, -0.15) is 0 Å². The van der Waals surface area contributed by atoms with Crippen LogP contribution in [0.15, 0.2) is 36.5 Å². The number of hydrogen-bond acceptors (Lipinski definition) is 6. The smallest absolute Gasteiger partial charge is 0.306 e. The van der Waals surface area contributed by atoms with Gasteiger partial charge < -0.3 is 14.2 Å². The van der Waals surface area contributed by atoms with E-state index in [4.69, 9.17) is 14.2 Å². The second-order valence-electron chi connectivity index (χ2n) is 12.8. The number of carbonyl (C=O) groups excluding carboxylic acids is 3. The lowest BCUT2D eigenvalue weighted by atomic mass is 10.1. The summed E-state index contributed by atoms with van der Waals surface area (Å²) in [7, 11) is 0. The van der Waals surface area contributed by atoms with Crippen molar-refractivity contribution in [1.82, 2.24) is 0 Å². The number of unbranched alkanes of at least 4 members (excludes halogenated alkanes) is 17. The lowest BCUT2D eigenvalue weighted by Crippen LogP contribution is -2.30. The third-order valence-corrected chi connectivity index (χ3v) is 8.16. The van der Waals surface area contributed by atoms with Gasteiger partial charge in [-0.3, -0.25) is 14.4 Å². The Hall–Kier alpha value is -2.37. The third-order valence-electron chi connectivity index (χ3n) is 8.16. The molecule has 0 bridgehead atoms. The van der Waals surface area contributed by atoms with Crippen LogP contribution >= 0.6 is 0 Å². The van der Waals surface area contributed by atoms with Crippen LogP contribution < -0.4 is 0 Å². The van der Waals surface area contributed by atoms with Gasteiger partial charge in [-0.15, -0.1) is 0 Å². The van der Waals surface area contributed by atoms with Gasteiger partial charge in [-0.1, -0.05) is 154 Å². The van der Waals surface area contributed by atoms with Gasteiger partial charge >= 0.3 is 17.9 Å². The van der Waals surface area contributed by atoms with Crippen LogP contribution in [0, 0.1) is 0 Å². The number of esters is 3. The zero-order valence-electron chi connectivity index (χ0n) is 30.8. The quantitative estimate of drug-likeness (QED) is 0.0296. The third kappa shape index (κ3) is 34.8. The topological polar surface area (TPSA) is 78.9 Å². The molecule has 0 saturated heterocycles. The molecule has 47 heavy (non-hydrogen) atoms. The summed E-state index contributed by atoms with van der Waals surface area (Å²) in [6, 6.07) is 0. The molecule has 0 N–H and O–H groups in total. The van der Waals surface area contributed by atoms with Crippen molar-refractivity contribution in [3.8, 4) is 0 Å². The van der Waals surface area contributed by atoms with Gasteiger partial charge in [0.25, 0.3) is 0 Å². The monoisotopic (exact) mass is 661 g/mol. The normalized spacial score (nSPS) is 12.3. The molecule has 0 fully saturated rings. The van der Waals surface area contributed by atoms with Crippen LogP contribution in [-0.2, 0) is 28.6 Å². The van der Waals surface area contributed by atoms with Crippen molar-refractivity contribution >= 4 is 17.9 Å². The van der Waals surface area contributed by atoms with Gasteiger partial charge in [-0.25, -0.2) is 0 Å². The van der Waals surface area contributed by atoms with E-state index in [1.54, 1.807) is 0 Å². The fraction of sp³-hybridized carbons (Fsp3) is 0.780. The number of allylic oxidation sites excluding steroid dienone is 6. The molecule has 0 aromatic rings. The van der Waals surface area contributed by atoms with Gasteiger partial charge in [0.1, 0.15) is 13.2 Å².